The predicted octanol–water partition coefficient (Wildman–Crippen LogP) is 4.72. The van der Waals surface area contributed by atoms with Crippen LogP contribution in [0.3, 0.4) is 0 Å². The summed E-state index contributed by atoms with van der Waals surface area (Å²) in [5.41, 5.74) is 2.87. The van der Waals surface area contributed by atoms with Crippen LogP contribution in [0.1, 0.15) is 22.8 Å². The largest absolute Gasteiger partial charge is 0.423 e. The van der Waals surface area contributed by atoms with Crippen LogP contribution >= 0.6 is 0 Å². The van der Waals surface area contributed by atoms with E-state index in [4.69, 9.17) is 9.47 Å². The molecule has 0 radical (unpaired) electrons. The number of ether oxygens (including phenoxy) is 2. The van der Waals surface area contributed by atoms with Gasteiger partial charge in [-0.3, -0.25) is 4.79 Å². The Morgan fingerprint density at radius 3 is 2.63 bits per heavy atom. The number of carbonyl (C=O) groups excluding carboxylic acids is 1. The molecule has 1 aliphatic heterocycles. The van der Waals surface area contributed by atoms with E-state index in [0.717, 1.165) is 11.1 Å². The molecule has 1 N–H and O–H groups in total. The van der Waals surface area contributed by atoms with Crippen LogP contribution in [0.25, 0.3) is 11.1 Å². The van der Waals surface area contributed by atoms with Crippen molar-refractivity contribution in [3.05, 3.63) is 71.9 Å². The third kappa shape index (κ3) is 3.33. The van der Waals surface area contributed by atoms with Crippen LogP contribution in [0.4, 0.5) is 10.2 Å². The number of anilines is 1. The summed E-state index contributed by atoms with van der Waals surface area (Å²) in [4.78, 5) is 16.7. The van der Waals surface area contributed by atoms with E-state index < -0.39 is 6.04 Å². The number of hydrogen-bond acceptors (Lipinski definition) is 4. The fraction of sp³-hybridized carbons (Fsp3) is 0.143. The number of hydrogen-bond donors (Lipinski definition) is 1. The maximum Gasteiger partial charge on any atom is 0.404 e. The Bertz CT molecular complexity index is 1020. The van der Waals surface area contributed by atoms with Gasteiger partial charge in [-0.2, -0.15) is 4.39 Å². The minimum Gasteiger partial charge on any atom is -0.423 e. The first-order valence-corrected chi connectivity index (χ1v) is 8.46. The molecule has 0 aliphatic carbocycles. The highest BCUT2D eigenvalue weighted by molar-refractivity contribution is 6.04. The standard InChI is InChI=1S/C21H17FN2O3/c1-13-6-3-4-7-15(13)20(25)24-18-11-10-14(12-23-18)16-8-5-9-17-19(16)27-21(2,22)26-17/h3-12H,1-2H3,(H,23,24,25). The van der Waals surface area contributed by atoms with Gasteiger partial charge in [-0.25, -0.2) is 4.98 Å². The monoisotopic (exact) mass is 364 g/mol. The van der Waals surface area contributed by atoms with Crippen molar-refractivity contribution in [3.63, 3.8) is 0 Å². The number of rotatable bonds is 3. The molecule has 1 unspecified atom stereocenters. The lowest BCUT2D eigenvalue weighted by atomic mass is 10.1. The zero-order valence-electron chi connectivity index (χ0n) is 14.8. The molecule has 3 aromatic rings. The van der Waals surface area contributed by atoms with Crippen LogP contribution in [0.15, 0.2) is 60.8 Å². The molecule has 1 aliphatic rings. The smallest absolute Gasteiger partial charge is 0.404 e. The molecule has 0 saturated carbocycles. The summed E-state index contributed by atoms with van der Waals surface area (Å²) in [6.07, 6.45) is 1.60. The Hall–Kier alpha value is -3.41. The number of benzene rings is 2. The number of nitrogens with one attached hydrogen (secondary N) is 1. The van der Waals surface area contributed by atoms with Gasteiger partial charge in [0.2, 0.25) is 0 Å². The molecule has 2 aromatic carbocycles. The Morgan fingerprint density at radius 2 is 1.89 bits per heavy atom. The van der Waals surface area contributed by atoms with Crippen molar-refractivity contribution < 1.29 is 18.7 Å². The van der Waals surface area contributed by atoms with Crippen molar-refractivity contribution in [2.75, 3.05) is 5.32 Å². The van der Waals surface area contributed by atoms with Gasteiger partial charge in [0.05, 0.1) is 0 Å². The summed E-state index contributed by atoms with van der Waals surface area (Å²) < 4.78 is 24.4. The van der Waals surface area contributed by atoms with E-state index >= 15 is 0 Å². The van der Waals surface area contributed by atoms with Crippen molar-refractivity contribution in [2.45, 2.75) is 19.9 Å². The van der Waals surface area contributed by atoms with Gasteiger partial charge in [-0.1, -0.05) is 30.3 Å². The number of alkyl halides is 1. The minimum atomic E-state index is -2.19. The van der Waals surface area contributed by atoms with E-state index in [1.54, 1.807) is 42.6 Å². The second-order valence-corrected chi connectivity index (χ2v) is 6.37. The van der Waals surface area contributed by atoms with Gasteiger partial charge in [-0.15, -0.1) is 0 Å². The van der Waals surface area contributed by atoms with Crippen LogP contribution in [0.2, 0.25) is 0 Å². The lowest BCUT2D eigenvalue weighted by Gasteiger charge is -2.12. The van der Waals surface area contributed by atoms with Crippen molar-refractivity contribution in [1.82, 2.24) is 4.98 Å². The van der Waals surface area contributed by atoms with Gasteiger partial charge >= 0.3 is 6.04 Å². The van der Waals surface area contributed by atoms with Crippen molar-refractivity contribution in [2.24, 2.45) is 0 Å². The zero-order chi connectivity index (χ0) is 19.0. The fourth-order valence-corrected chi connectivity index (χ4v) is 2.97. The average molecular weight is 364 g/mol. The average Bonchev–Trinajstić information content (AvgIpc) is 2.96. The van der Waals surface area contributed by atoms with Crippen molar-refractivity contribution >= 4 is 11.7 Å². The second kappa shape index (κ2) is 6.39. The number of aromatic nitrogens is 1. The topological polar surface area (TPSA) is 60.5 Å². The highest BCUT2D eigenvalue weighted by Gasteiger charge is 2.38. The summed E-state index contributed by atoms with van der Waals surface area (Å²) in [6.45, 7) is 3.08. The molecular weight excluding hydrogens is 347 g/mol. The molecule has 0 bridgehead atoms. The number of halogens is 1. The first-order valence-electron chi connectivity index (χ1n) is 8.46. The summed E-state index contributed by atoms with van der Waals surface area (Å²) in [7, 11) is 0. The molecule has 6 heteroatoms. The van der Waals surface area contributed by atoms with E-state index in [2.05, 4.69) is 10.3 Å². The van der Waals surface area contributed by atoms with Gasteiger partial charge in [0.15, 0.2) is 11.5 Å². The van der Waals surface area contributed by atoms with Crippen LogP contribution < -0.4 is 14.8 Å². The van der Waals surface area contributed by atoms with Crippen LogP contribution in [-0.2, 0) is 0 Å². The van der Waals surface area contributed by atoms with Crippen molar-refractivity contribution in [1.29, 1.82) is 0 Å². The van der Waals surface area contributed by atoms with E-state index in [1.807, 2.05) is 25.1 Å². The highest BCUT2D eigenvalue weighted by atomic mass is 19.2. The van der Waals surface area contributed by atoms with E-state index in [9.17, 15) is 9.18 Å². The van der Waals surface area contributed by atoms with Gasteiger partial charge in [0.25, 0.3) is 5.91 Å². The maximum absolute atomic E-state index is 14.0. The normalized spacial score (nSPS) is 17.6. The number of pyridine rings is 1. The Labute approximate surface area is 155 Å². The van der Waals surface area contributed by atoms with Gasteiger partial charge < -0.3 is 14.8 Å². The molecule has 1 aromatic heterocycles. The summed E-state index contributed by atoms with van der Waals surface area (Å²) >= 11 is 0. The highest BCUT2D eigenvalue weighted by Crippen LogP contribution is 2.46. The molecule has 1 atom stereocenters. The van der Waals surface area contributed by atoms with E-state index in [-0.39, 0.29) is 5.91 Å². The summed E-state index contributed by atoms with van der Waals surface area (Å²) in [5.74, 6) is 0.876. The van der Waals surface area contributed by atoms with Crippen molar-refractivity contribution in [3.8, 4) is 22.6 Å². The first kappa shape index (κ1) is 17.0. The quantitative estimate of drug-likeness (QED) is 0.730. The van der Waals surface area contributed by atoms with Crippen LogP contribution in [0.5, 0.6) is 11.5 Å². The van der Waals surface area contributed by atoms with Crippen LogP contribution in [0, 0.1) is 6.92 Å². The summed E-state index contributed by atoms with van der Waals surface area (Å²) in [6, 6.07) is 13.8. The molecule has 1 amide bonds. The number of amides is 1. The molecule has 27 heavy (non-hydrogen) atoms. The number of para-hydroxylation sites is 1. The van der Waals surface area contributed by atoms with Gasteiger partial charge in [-0.05, 0) is 36.8 Å². The molecule has 2 heterocycles. The van der Waals surface area contributed by atoms with E-state index in [0.29, 0.717) is 28.4 Å². The number of fused-ring (bicyclic) bond motifs is 1. The lowest BCUT2D eigenvalue weighted by molar-refractivity contribution is -0.173. The fourth-order valence-electron chi connectivity index (χ4n) is 2.97. The zero-order valence-corrected chi connectivity index (χ0v) is 14.8. The molecular formula is C21H17FN2O3. The Morgan fingerprint density at radius 1 is 1.07 bits per heavy atom. The molecule has 0 spiro atoms. The molecule has 0 fully saturated rings. The minimum absolute atomic E-state index is 0.223. The predicted molar refractivity (Wildman–Crippen MR) is 99.6 cm³/mol. The molecule has 136 valence electrons. The number of nitrogens with zero attached hydrogens (tertiary/aromatic N) is 1. The molecule has 5 nitrogen and oxygen atoms in total. The van der Waals surface area contributed by atoms with E-state index in [1.165, 1.54) is 6.92 Å². The summed E-state index contributed by atoms with van der Waals surface area (Å²) in [5, 5.41) is 2.78. The maximum atomic E-state index is 14.0. The Kier molecular flexibility index (Phi) is 4.03. The van der Waals surface area contributed by atoms with Gasteiger partial charge in [0.1, 0.15) is 5.82 Å². The van der Waals surface area contributed by atoms with Crippen LogP contribution in [-0.4, -0.2) is 16.9 Å². The first-order chi connectivity index (χ1) is 12.9. The number of aryl methyl sites for hydroxylation is 1. The SMILES string of the molecule is Cc1ccccc1C(=O)Nc1ccc(-c2cccc3c2OC(C)(F)O3)cn1. The Balaban J connectivity index is 1.57. The lowest BCUT2D eigenvalue weighted by Crippen LogP contribution is -2.27. The molecule has 4 rings (SSSR count). The third-order valence-electron chi connectivity index (χ3n) is 4.26. The number of carbonyl (C=O) groups is 1. The van der Waals surface area contributed by atoms with Gasteiger partial charge in [0, 0.05) is 29.8 Å². The second-order valence-electron chi connectivity index (χ2n) is 6.37. The third-order valence-corrected chi connectivity index (χ3v) is 4.26. The molecule has 0 saturated heterocycles.